The van der Waals surface area contributed by atoms with Crippen LogP contribution in [-0.2, 0) is 16.6 Å². The second-order valence-electron chi connectivity index (χ2n) is 7.77. The maximum Gasteiger partial charge on any atom is 0.321 e. The first-order valence-corrected chi connectivity index (χ1v) is 12.6. The molecular formula is C23H23ClN6O6S. The molecule has 0 saturated carbocycles. The van der Waals surface area contributed by atoms with Crippen molar-refractivity contribution in [3.63, 3.8) is 0 Å². The SMILES string of the molecule is COc1cc(NS(=O)(=O)c2ccc(NC(=O)c3ccc(Cn4nc(C)c(Cl)c4C)o3)cc2)nc(OC)n1. The van der Waals surface area contributed by atoms with E-state index in [2.05, 4.69) is 25.1 Å². The fourth-order valence-corrected chi connectivity index (χ4v) is 4.45. The number of furan rings is 1. The van der Waals surface area contributed by atoms with Gasteiger partial charge in [-0.2, -0.15) is 15.1 Å². The molecule has 37 heavy (non-hydrogen) atoms. The van der Waals surface area contributed by atoms with Crippen LogP contribution in [0.4, 0.5) is 11.5 Å². The summed E-state index contributed by atoms with van der Waals surface area (Å²) in [4.78, 5) is 20.5. The minimum absolute atomic E-state index is 0.0301. The van der Waals surface area contributed by atoms with Crippen molar-refractivity contribution in [1.29, 1.82) is 0 Å². The molecule has 3 heterocycles. The molecule has 2 N–H and O–H groups in total. The van der Waals surface area contributed by atoms with Gasteiger partial charge in [0.2, 0.25) is 5.88 Å². The van der Waals surface area contributed by atoms with Crippen molar-refractivity contribution in [1.82, 2.24) is 19.7 Å². The number of sulfonamides is 1. The predicted molar refractivity (Wildman–Crippen MR) is 135 cm³/mol. The number of halogens is 1. The lowest BCUT2D eigenvalue weighted by molar-refractivity contribution is 0.0994. The summed E-state index contributed by atoms with van der Waals surface area (Å²) in [7, 11) is -1.26. The number of hydrogen-bond donors (Lipinski definition) is 2. The van der Waals surface area contributed by atoms with Gasteiger partial charge in [0, 0.05) is 11.8 Å². The van der Waals surface area contributed by atoms with Crippen LogP contribution in [0.5, 0.6) is 11.9 Å². The molecule has 0 aliphatic rings. The number of rotatable bonds is 9. The molecule has 0 atom stereocenters. The summed E-state index contributed by atoms with van der Waals surface area (Å²) >= 11 is 6.18. The predicted octanol–water partition coefficient (Wildman–Crippen LogP) is 3.65. The molecule has 0 aliphatic heterocycles. The Balaban J connectivity index is 1.42. The zero-order valence-corrected chi connectivity index (χ0v) is 21.8. The van der Waals surface area contributed by atoms with Crippen LogP contribution in [0.25, 0.3) is 0 Å². The first kappa shape index (κ1) is 26.0. The van der Waals surface area contributed by atoms with E-state index < -0.39 is 15.9 Å². The molecular weight excluding hydrogens is 524 g/mol. The number of carbonyl (C=O) groups is 1. The number of ether oxygens (including phenoxy) is 2. The van der Waals surface area contributed by atoms with E-state index in [1.54, 1.807) is 16.8 Å². The van der Waals surface area contributed by atoms with Crippen LogP contribution in [-0.4, -0.2) is 48.3 Å². The molecule has 14 heteroatoms. The molecule has 0 radical (unpaired) electrons. The van der Waals surface area contributed by atoms with Gasteiger partial charge in [0.05, 0.1) is 42.1 Å². The van der Waals surface area contributed by atoms with Gasteiger partial charge < -0.3 is 19.2 Å². The molecule has 0 aliphatic carbocycles. The average Bonchev–Trinajstić information content (AvgIpc) is 3.44. The zero-order chi connectivity index (χ0) is 26.7. The molecule has 0 bridgehead atoms. The summed E-state index contributed by atoms with van der Waals surface area (Å²) in [5, 5.41) is 7.61. The largest absolute Gasteiger partial charge is 0.481 e. The van der Waals surface area contributed by atoms with Crippen LogP contribution in [0, 0.1) is 13.8 Å². The Labute approximate surface area is 217 Å². The van der Waals surface area contributed by atoms with Gasteiger partial charge in [-0.15, -0.1) is 0 Å². The molecule has 3 aromatic heterocycles. The summed E-state index contributed by atoms with van der Waals surface area (Å²) in [5.74, 6) is 0.219. The van der Waals surface area contributed by atoms with E-state index in [-0.39, 0.29) is 28.4 Å². The number of anilines is 2. The number of hydrogen-bond acceptors (Lipinski definition) is 9. The van der Waals surface area contributed by atoms with E-state index >= 15 is 0 Å². The fourth-order valence-electron chi connectivity index (χ4n) is 3.32. The third kappa shape index (κ3) is 5.84. The monoisotopic (exact) mass is 546 g/mol. The van der Waals surface area contributed by atoms with Crippen molar-refractivity contribution in [2.75, 3.05) is 24.3 Å². The van der Waals surface area contributed by atoms with Crippen molar-refractivity contribution in [3.8, 4) is 11.9 Å². The topological polar surface area (TPSA) is 150 Å². The molecule has 4 rings (SSSR count). The Bertz CT molecular complexity index is 1530. The molecule has 1 amide bonds. The van der Waals surface area contributed by atoms with E-state index in [1.807, 2.05) is 13.8 Å². The van der Waals surface area contributed by atoms with Crippen molar-refractivity contribution < 1.29 is 27.1 Å². The van der Waals surface area contributed by atoms with Gasteiger partial charge in [0.15, 0.2) is 11.6 Å². The lowest BCUT2D eigenvalue weighted by Gasteiger charge is -2.10. The summed E-state index contributed by atoms with van der Waals surface area (Å²) in [6.07, 6.45) is 0. The first-order valence-electron chi connectivity index (χ1n) is 10.8. The van der Waals surface area contributed by atoms with Crippen LogP contribution < -0.4 is 19.5 Å². The zero-order valence-electron chi connectivity index (χ0n) is 20.3. The van der Waals surface area contributed by atoms with Crippen molar-refractivity contribution >= 4 is 39.0 Å². The number of amides is 1. The lowest BCUT2D eigenvalue weighted by Crippen LogP contribution is -2.15. The van der Waals surface area contributed by atoms with E-state index in [1.165, 1.54) is 44.6 Å². The molecule has 0 unspecified atom stereocenters. The van der Waals surface area contributed by atoms with Crippen LogP contribution in [0.2, 0.25) is 5.02 Å². The summed E-state index contributed by atoms with van der Waals surface area (Å²) in [6.45, 7) is 3.97. The molecule has 0 fully saturated rings. The Morgan fingerprint density at radius 1 is 1.08 bits per heavy atom. The summed E-state index contributed by atoms with van der Waals surface area (Å²) in [6, 6.07) is 10.1. The van der Waals surface area contributed by atoms with E-state index in [9.17, 15) is 13.2 Å². The van der Waals surface area contributed by atoms with E-state index in [4.69, 9.17) is 25.5 Å². The highest BCUT2D eigenvalue weighted by Crippen LogP contribution is 2.23. The van der Waals surface area contributed by atoms with Crippen LogP contribution >= 0.6 is 11.6 Å². The van der Waals surface area contributed by atoms with E-state index in [0.717, 1.165) is 5.69 Å². The molecule has 0 spiro atoms. The van der Waals surface area contributed by atoms with Crippen LogP contribution in [0.1, 0.15) is 27.7 Å². The molecule has 4 aromatic rings. The highest BCUT2D eigenvalue weighted by Gasteiger charge is 2.18. The number of aromatic nitrogens is 4. The number of benzene rings is 1. The summed E-state index contributed by atoms with van der Waals surface area (Å²) in [5.41, 5.74) is 1.88. The first-order chi connectivity index (χ1) is 17.6. The maximum absolute atomic E-state index is 12.8. The Morgan fingerprint density at radius 2 is 1.81 bits per heavy atom. The highest BCUT2D eigenvalue weighted by atomic mass is 35.5. The number of carbonyl (C=O) groups excluding carboxylic acids is 1. The second-order valence-corrected chi connectivity index (χ2v) is 9.84. The number of nitrogens with zero attached hydrogens (tertiary/aromatic N) is 4. The Kier molecular flexibility index (Phi) is 7.36. The number of aryl methyl sites for hydroxylation is 1. The highest BCUT2D eigenvalue weighted by molar-refractivity contribution is 7.92. The molecule has 0 saturated heterocycles. The quantitative estimate of drug-likeness (QED) is 0.320. The minimum atomic E-state index is -3.99. The maximum atomic E-state index is 12.8. The van der Waals surface area contributed by atoms with Gasteiger partial charge in [-0.05, 0) is 50.2 Å². The molecule has 1 aromatic carbocycles. The van der Waals surface area contributed by atoms with Gasteiger partial charge in [0.25, 0.3) is 15.9 Å². The normalized spacial score (nSPS) is 11.3. The average molecular weight is 547 g/mol. The van der Waals surface area contributed by atoms with Crippen LogP contribution in [0.3, 0.4) is 0 Å². The van der Waals surface area contributed by atoms with Crippen molar-refractivity contribution in [3.05, 3.63) is 70.4 Å². The Hall–Kier alpha value is -4.10. The third-order valence-electron chi connectivity index (χ3n) is 5.22. The smallest absolute Gasteiger partial charge is 0.321 e. The lowest BCUT2D eigenvalue weighted by atomic mass is 10.3. The fraction of sp³-hybridized carbons (Fsp3) is 0.217. The van der Waals surface area contributed by atoms with Crippen LogP contribution in [0.15, 0.2) is 51.8 Å². The Morgan fingerprint density at radius 3 is 2.43 bits per heavy atom. The summed E-state index contributed by atoms with van der Waals surface area (Å²) < 4.78 is 45.2. The van der Waals surface area contributed by atoms with E-state index in [0.29, 0.717) is 28.7 Å². The van der Waals surface area contributed by atoms with Gasteiger partial charge in [-0.25, -0.2) is 8.42 Å². The third-order valence-corrected chi connectivity index (χ3v) is 7.14. The van der Waals surface area contributed by atoms with Gasteiger partial charge in [-0.1, -0.05) is 11.6 Å². The van der Waals surface area contributed by atoms with Gasteiger partial charge in [0.1, 0.15) is 5.76 Å². The molecule has 194 valence electrons. The van der Waals surface area contributed by atoms with Crippen molar-refractivity contribution in [2.24, 2.45) is 0 Å². The minimum Gasteiger partial charge on any atom is -0.481 e. The van der Waals surface area contributed by atoms with Gasteiger partial charge >= 0.3 is 6.01 Å². The van der Waals surface area contributed by atoms with Gasteiger partial charge in [-0.3, -0.25) is 14.2 Å². The number of methoxy groups -OCH3 is 2. The second kappa shape index (κ2) is 10.5. The van der Waals surface area contributed by atoms with Crippen molar-refractivity contribution in [2.45, 2.75) is 25.3 Å². The molecule has 12 nitrogen and oxygen atoms in total. The number of nitrogens with one attached hydrogen (secondary N) is 2. The standard InChI is InChI=1S/C23H23ClN6O6S/c1-13-21(24)14(2)30(28-13)12-16-7-10-18(36-16)22(31)25-15-5-8-17(9-6-15)37(32,33)29-19-11-20(34-3)27-23(26-19)35-4/h5-11H,12H2,1-4H3,(H,25,31)(H,26,27,29).